The summed E-state index contributed by atoms with van der Waals surface area (Å²) in [6.45, 7) is 3.94. The van der Waals surface area contributed by atoms with Crippen LogP contribution in [0, 0.1) is 0 Å². The van der Waals surface area contributed by atoms with Crippen LogP contribution in [0.3, 0.4) is 0 Å². The van der Waals surface area contributed by atoms with Crippen LogP contribution in [0.1, 0.15) is 44.8 Å². The van der Waals surface area contributed by atoms with Crippen LogP contribution in [-0.2, 0) is 4.79 Å². The highest BCUT2D eigenvalue weighted by molar-refractivity contribution is 5.76. The number of unbranched alkanes of at least 4 members (excludes halogenated alkanes) is 1. The van der Waals surface area contributed by atoms with Gasteiger partial charge < -0.3 is 10.0 Å². The third kappa shape index (κ3) is 3.84. The topological polar surface area (TPSA) is 40.5 Å². The molecule has 1 aromatic rings. The SMILES string of the molecule is CCCCC(=O)N(C)C(C)C(O)c1ccccc1. The third-order valence-electron chi connectivity index (χ3n) is 3.35. The molecule has 0 heterocycles. The summed E-state index contributed by atoms with van der Waals surface area (Å²) in [5, 5.41) is 10.2. The molecule has 2 atom stereocenters. The lowest BCUT2D eigenvalue weighted by atomic mass is 10.0. The number of carbonyl (C=O) groups excluding carboxylic acids is 1. The summed E-state index contributed by atoms with van der Waals surface area (Å²) in [5.41, 5.74) is 0.847. The summed E-state index contributed by atoms with van der Waals surface area (Å²) in [4.78, 5) is 13.5. The van der Waals surface area contributed by atoms with Gasteiger partial charge in [-0.25, -0.2) is 0 Å². The van der Waals surface area contributed by atoms with E-state index in [2.05, 4.69) is 6.92 Å². The number of benzene rings is 1. The summed E-state index contributed by atoms with van der Waals surface area (Å²) in [6.07, 6.45) is 1.83. The van der Waals surface area contributed by atoms with Crippen molar-refractivity contribution in [3.8, 4) is 0 Å². The van der Waals surface area contributed by atoms with Crippen molar-refractivity contribution in [2.24, 2.45) is 0 Å². The molecular formula is C15H23NO2. The number of rotatable bonds is 6. The maximum Gasteiger partial charge on any atom is 0.222 e. The second-order valence-corrected chi connectivity index (χ2v) is 4.70. The molecule has 0 aromatic heterocycles. The highest BCUT2D eigenvalue weighted by Gasteiger charge is 2.23. The maximum atomic E-state index is 11.9. The molecule has 1 amide bonds. The molecule has 0 saturated carbocycles. The van der Waals surface area contributed by atoms with Gasteiger partial charge in [0.1, 0.15) is 0 Å². The Bertz CT molecular complexity index is 364. The average molecular weight is 249 g/mol. The predicted octanol–water partition coefficient (Wildman–Crippen LogP) is 2.76. The zero-order valence-corrected chi connectivity index (χ0v) is 11.5. The first kappa shape index (κ1) is 14.7. The van der Waals surface area contributed by atoms with Crippen LogP contribution in [0.15, 0.2) is 30.3 Å². The first-order valence-corrected chi connectivity index (χ1v) is 6.56. The Balaban J connectivity index is 2.63. The number of aliphatic hydroxyl groups excluding tert-OH is 1. The summed E-state index contributed by atoms with van der Waals surface area (Å²) < 4.78 is 0. The molecule has 1 aromatic carbocycles. The normalized spacial score (nSPS) is 14.0. The second kappa shape index (κ2) is 7.17. The Morgan fingerprint density at radius 3 is 2.50 bits per heavy atom. The van der Waals surface area contributed by atoms with Gasteiger partial charge in [0.05, 0.1) is 12.1 Å². The van der Waals surface area contributed by atoms with Crippen molar-refractivity contribution in [3.05, 3.63) is 35.9 Å². The van der Waals surface area contributed by atoms with Crippen LogP contribution in [-0.4, -0.2) is 29.0 Å². The number of hydrogen-bond acceptors (Lipinski definition) is 2. The molecule has 0 bridgehead atoms. The van der Waals surface area contributed by atoms with Crippen molar-refractivity contribution in [3.63, 3.8) is 0 Å². The van der Waals surface area contributed by atoms with E-state index in [4.69, 9.17) is 0 Å². The number of nitrogens with zero attached hydrogens (tertiary/aromatic N) is 1. The monoisotopic (exact) mass is 249 g/mol. The molecule has 0 spiro atoms. The Morgan fingerprint density at radius 1 is 1.33 bits per heavy atom. The zero-order valence-electron chi connectivity index (χ0n) is 11.5. The zero-order chi connectivity index (χ0) is 13.5. The van der Waals surface area contributed by atoms with Crippen molar-refractivity contribution in [2.75, 3.05) is 7.05 Å². The quantitative estimate of drug-likeness (QED) is 0.842. The second-order valence-electron chi connectivity index (χ2n) is 4.70. The Labute approximate surface area is 109 Å². The van der Waals surface area contributed by atoms with Crippen LogP contribution in [0.5, 0.6) is 0 Å². The lowest BCUT2D eigenvalue weighted by molar-refractivity contribution is -0.134. The Hall–Kier alpha value is -1.35. The summed E-state index contributed by atoms with van der Waals surface area (Å²) in [5.74, 6) is 0.0966. The van der Waals surface area contributed by atoms with Crippen LogP contribution in [0.4, 0.5) is 0 Å². The molecule has 0 saturated heterocycles. The standard InChI is InChI=1S/C15H23NO2/c1-4-5-11-14(17)16(3)12(2)15(18)13-9-7-6-8-10-13/h6-10,12,15,18H,4-5,11H2,1-3H3. The van der Waals surface area contributed by atoms with E-state index in [1.807, 2.05) is 37.3 Å². The lowest BCUT2D eigenvalue weighted by Crippen LogP contribution is -2.38. The van der Waals surface area contributed by atoms with Gasteiger partial charge in [0.2, 0.25) is 5.91 Å². The highest BCUT2D eigenvalue weighted by atomic mass is 16.3. The first-order chi connectivity index (χ1) is 8.57. The van der Waals surface area contributed by atoms with E-state index in [1.165, 1.54) is 0 Å². The van der Waals surface area contributed by atoms with Crippen LogP contribution >= 0.6 is 0 Å². The van der Waals surface area contributed by atoms with Gasteiger partial charge in [-0.15, -0.1) is 0 Å². The minimum Gasteiger partial charge on any atom is -0.386 e. The largest absolute Gasteiger partial charge is 0.386 e. The van der Waals surface area contributed by atoms with Crippen molar-refractivity contribution in [1.29, 1.82) is 0 Å². The minimum absolute atomic E-state index is 0.0966. The van der Waals surface area contributed by atoms with Gasteiger partial charge in [-0.05, 0) is 18.9 Å². The van der Waals surface area contributed by atoms with E-state index in [1.54, 1.807) is 11.9 Å². The number of carbonyl (C=O) groups is 1. The molecule has 1 rings (SSSR count). The van der Waals surface area contributed by atoms with Crippen molar-refractivity contribution >= 4 is 5.91 Å². The molecule has 0 fully saturated rings. The van der Waals surface area contributed by atoms with Gasteiger partial charge in [0, 0.05) is 13.5 Å². The molecule has 3 nitrogen and oxygen atoms in total. The number of hydrogen-bond donors (Lipinski definition) is 1. The fourth-order valence-corrected chi connectivity index (χ4v) is 1.87. The molecular weight excluding hydrogens is 226 g/mol. The Kier molecular flexibility index (Phi) is 5.86. The number of aliphatic hydroxyl groups is 1. The van der Waals surface area contributed by atoms with Crippen LogP contribution in [0.2, 0.25) is 0 Å². The maximum absolute atomic E-state index is 11.9. The van der Waals surface area contributed by atoms with Crippen molar-refractivity contribution in [2.45, 2.75) is 45.3 Å². The van der Waals surface area contributed by atoms with Gasteiger partial charge in [0.25, 0.3) is 0 Å². The molecule has 1 N–H and O–H groups in total. The number of likely N-dealkylation sites (N-methyl/N-ethyl adjacent to an activating group) is 1. The minimum atomic E-state index is -0.637. The summed E-state index contributed by atoms with van der Waals surface area (Å²) >= 11 is 0. The molecule has 0 radical (unpaired) electrons. The van der Waals surface area contributed by atoms with E-state index in [0.29, 0.717) is 6.42 Å². The van der Waals surface area contributed by atoms with E-state index >= 15 is 0 Å². The molecule has 100 valence electrons. The van der Waals surface area contributed by atoms with E-state index in [-0.39, 0.29) is 11.9 Å². The predicted molar refractivity (Wildman–Crippen MR) is 73.2 cm³/mol. The summed E-state index contributed by atoms with van der Waals surface area (Å²) in [7, 11) is 1.76. The number of amides is 1. The van der Waals surface area contributed by atoms with Gasteiger partial charge >= 0.3 is 0 Å². The lowest BCUT2D eigenvalue weighted by Gasteiger charge is -2.29. The first-order valence-electron chi connectivity index (χ1n) is 6.56. The van der Waals surface area contributed by atoms with Gasteiger partial charge in [-0.1, -0.05) is 43.7 Å². The van der Waals surface area contributed by atoms with Crippen molar-refractivity contribution < 1.29 is 9.90 Å². The molecule has 18 heavy (non-hydrogen) atoms. The van der Waals surface area contributed by atoms with E-state index in [0.717, 1.165) is 18.4 Å². The van der Waals surface area contributed by atoms with E-state index < -0.39 is 6.10 Å². The smallest absolute Gasteiger partial charge is 0.222 e. The highest BCUT2D eigenvalue weighted by Crippen LogP contribution is 2.20. The summed E-state index contributed by atoms with van der Waals surface area (Å²) in [6, 6.07) is 9.25. The molecule has 3 heteroatoms. The van der Waals surface area contributed by atoms with Gasteiger partial charge in [0.15, 0.2) is 0 Å². The van der Waals surface area contributed by atoms with Crippen molar-refractivity contribution in [1.82, 2.24) is 4.90 Å². The molecule has 0 aliphatic rings. The van der Waals surface area contributed by atoms with Gasteiger partial charge in [-0.2, -0.15) is 0 Å². The van der Waals surface area contributed by atoms with Gasteiger partial charge in [-0.3, -0.25) is 4.79 Å². The van der Waals surface area contributed by atoms with Crippen LogP contribution in [0.25, 0.3) is 0 Å². The Morgan fingerprint density at radius 2 is 1.94 bits per heavy atom. The van der Waals surface area contributed by atoms with E-state index in [9.17, 15) is 9.90 Å². The molecule has 0 aliphatic heterocycles. The fourth-order valence-electron chi connectivity index (χ4n) is 1.87. The van der Waals surface area contributed by atoms with Crippen LogP contribution < -0.4 is 0 Å². The third-order valence-corrected chi connectivity index (χ3v) is 3.35. The molecule has 0 aliphatic carbocycles. The fraction of sp³-hybridized carbons (Fsp3) is 0.533. The molecule has 2 unspecified atom stereocenters. The average Bonchev–Trinajstić information content (AvgIpc) is 2.43.